The van der Waals surface area contributed by atoms with Crippen LogP contribution >= 0.6 is 0 Å². The Morgan fingerprint density at radius 3 is 2.00 bits per heavy atom. The van der Waals surface area contributed by atoms with Gasteiger partial charge in [-0.25, -0.2) is 4.39 Å². The van der Waals surface area contributed by atoms with Gasteiger partial charge in [0.25, 0.3) is 0 Å². The number of carboxylic acid groups (broad SMARTS) is 1. The standard InChI is InChI=1S/C12H15FO3/c1-11(2,10(14)15)12(3,16)8-4-6-9(13)7-5-8/h4-7,16H,1-3H3,(H,14,15). The maximum Gasteiger partial charge on any atom is 0.312 e. The molecule has 0 heterocycles. The van der Waals surface area contributed by atoms with E-state index in [0.717, 1.165) is 0 Å². The van der Waals surface area contributed by atoms with E-state index in [2.05, 4.69) is 0 Å². The molecule has 2 N–H and O–H groups in total. The zero-order valence-corrected chi connectivity index (χ0v) is 9.49. The lowest BCUT2D eigenvalue weighted by Crippen LogP contribution is -2.44. The van der Waals surface area contributed by atoms with Crippen LogP contribution in [0.15, 0.2) is 24.3 Å². The van der Waals surface area contributed by atoms with Crippen LogP contribution in [0.4, 0.5) is 4.39 Å². The summed E-state index contributed by atoms with van der Waals surface area (Å²) in [4.78, 5) is 11.1. The molecule has 0 amide bonds. The molecule has 0 spiro atoms. The molecule has 1 aromatic rings. The third kappa shape index (κ3) is 1.93. The fourth-order valence-corrected chi connectivity index (χ4v) is 1.34. The van der Waals surface area contributed by atoms with Gasteiger partial charge in [0.15, 0.2) is 0 Å². The minimum absolute atomic E-state index is 0.376. The number of carbonyl (C=O) groups is 1. The summed E-state index contributed by atoms with van der Waals surface area (Å²) in [5.74, 6) is -1.53. The molecule has 1 unspecified atom stereocenters. The molecule has 0 saturated heterocycles. The molecule has 1 aromatic carbocycles. The Kier molecular flexibility index (Phi) is 3.06. The van der Waals surface area contributed by atoms with Crippen molar-refractivity contribution >= 4 is 5.97 Å². The first kappa shape index (κ1) is 12.6. The normalized spacial score (nSPS) is 15.6. The molecule has 0 aliphatic rings. The second kappa shape index (κ2) is 3.87. The van der Waals surface area contributed by atoms with Crippen molar-refractivity contribution < 1.29 is 19.4 Å². The summed E-state index contributed by atoms with van der Waals surface area (Å²) in [6.07, 6.45) is 0. The minimum Gasteiger partial charge on any atom is -0.481 e. The summed E-state index contributed by atoms with van der Waals surface area (Å²) in [6, 6.07) is 5.17. The molecule has 0 aliphatic heterocycles. The van der Waals surface area contributed by atoms with Crippen molar-refractivity contribution in [1.29, 1.82) is 0 Å². The van der Waals surface area contributed by atoms with Gasteiger partial charge in [0.1, 0.15) is 11.4 Å². The maximum absolute atomic E-state index is 12.7. The largest absolute Gasteiger partial charge is 0.481 e. The Bertz CT molecular complexity index is 393. The second-order valence-corrected chi connectivity index (χ2v) is 4.51. The van der Waals surface area contributed by atoms with Gasteiger partial charge in [-0.15, -0.1) is 0 Å². The van der Waals surface area contributed by atoms with E-state index in [1.165, 1.54) is 45.0 Å². The van der Waals surface area contributed by atoms with Crippen molar-refractivity contribution in [3.63, 3.8) is 0 Å². The zero-order chi connectivity index (χ0) is 12.6. The highest BCUT2D eigenvalue weighted by Gasteiger charge is 2.46. The van der Waals surface area contributed by atoms with Gasteiger partial charge < -0.3 is 10.2 Å². The first-order valence-electron chi connectivity index (χ1n) is 4.91. The summed E-state index contributed by atoms with van der Waals surface area (Å²) in [5.41, 5.74) is -2.54. The molecular weight excluding hydrogens is 211 g/mol. The average Bonchev–Trinajstić information content (AvgIpc) is 2.17. The predicted octanol–water partition coefficient (Wildman–Crippen LogP) is 2.14. The number of hydrogen-bond donors (Lipinski definition) is 2. The van der Waals surface area contributed by atoms with E-state index in [-0.39, 0.29) is 0 Å². The number of aliphatic hydroxyl groups is 1. The molecule has 0 aliphatic carbocycles. The Morgan fingerprint density at radius 1 is 1.19 bits per heavy atom. The Balaban J connectivity index is 3.20. The topological polar surface area (TPSA) is 57.5 Å². The highest BCUT2D eigenvalue weighted by atomic mass is 19.1. The third-order valence-corrected chi connectivity index (χ3v) is 3.16. The number of aliphatic carboxylic acids is 1. The first-order chi connectivity index (χ1) is 7.19. The van der Waals surface area contributed by atoms with Gasteiger partial charge in [-0.3, -0.25) is 4.79 Å². The van der Waals surface area contributed by atoms with E-state index in [9.17, 15) is 14.3 Å². The Labute approximate surface area is 93.5 Å². The highest BCUT2D eigenvalue weighted by molar-refractivity contribution is 5.75. The molecule has 3 nitrogen and oxygen atoms in total. The van der Waals surface area contributed by atoms with Crippen molar-refractivity contribution in [2.45, 2.75) is 26.4 Å². The van der Waals surface area contributed by atoms with Gasteiger partial charge in [0.2, 0.25) is 0 Å². The van der Waals surface area contributed by atoms with E-state index in [1.807, 2.05) is 0 Å². The molecule has 1 atom stereocenters. The quantitative estimate of drug-likeness (QED) is 0.830. The van der Waals surface area contributed by atoms with Crippen LogP contribution in [-0.2, 0) is 10.4 Å². The fourth-order valence-electron chi connectivity index (χ4n) is 1.34. The molecular formula is C12H15FO3. The van der Waals surface area contributed by atoms with E-state index in [4.69, 9.17) is 5.11 Å². The van der Waals surface area contributed by atoms with Crippen molar-refractivity contribution in [2.24, 2.45) is 5.41 Å². The monoisotopic (exact) mass is 226 g/mol. The molecule has 0 saturated carbocycles. The zero-order valence-electron chi connectivity index (χ0n) is 9.49. The lowest BCUT2D eigenvalue weighted by atomic mass is 9.72. The SMILES string of the molecule is CC(C)(C(=O)O)C(C)(O)c1ccc(F)cc1. The van der Waals surface area contributed by atoms with Crippen molar-refractivity contribution in [2.75, 3.05) is 0 Å². The summed E-state index contributed by atoms with van der Waals surface area (Å²) in [5, 5.41) is 19.3. The van der Waals surface area contributed by atoms with E-state index < -0.39 is 22.8 Å². The summed E-state index contributed by atoms with van der Waals surface area (Å²) >= 11 is 0. The van der Waals surface area contributed by atoms with Crippen molar-refractivity contribution in [3.05, 3.63) is 35.6 Å². The van der Waals surface area contributed by atoms with Gasteiger partial charge in [0, 0.05) is 0 Å². The molecule has 88 valence electrons. The van der Waals surface area contributed by atoms with Crippen LogP contribution in [0.2, 0.25) is 0 Å². The van der Waals surface area contributed by atoms with Gasteiger partial charge in [-0.2, -0.15) is 0 Å². The smallest absolute Gasteiger partial charge is 0.312 e. The minimum atomic E-state index is -1.56. The molecule has 4 heteroatoms. The lowest BCUT2D eigenvalue weighted by molar-refractivity contribution is -0.164. The highest BCUT2D eigenvalue weighted by Crippen LogP contribution is 2.39. The van der Waals surface area contributed by atoms with Gasteiger partial charge in [-0.1, -0.05) is 12.1 Å². The first-order valence-corrected chi connectivity index (χ1v) is 4.91. The average molecular weight is 226 g/mol. The molecule has 16 heavy (non-hydrogen) atoms. The molecule has 0 fully saturated rings. The summed E-state index contributed by atoms with van der Waals surface area (Å²) in [6.45, 7) is 4.27. The van der Waals surface area contributed by atoms with Crippen molar-refractivity contribution in [1.82, 2.24) is 0 Å². The van der Waals surface area contributed by atoms with Gasteiger partial charge >= 0.3 is 5.97 Å². The van der Waals surface area contributed by atoms with Crippen LogP contribution < -0.4 is 0 Å². The van der Waals surface area contributed by atoms with Crippen LogP contribution in [0.25, 0.3) is 0 Å². The number of halogens is 1. The second-order valence-electron chi connectivity index (χ2n) is 4.51. The number of hydrogen-bond acceptors (Lipinski definition) is 2. The summed E-state index contributed by atoms with van der Waals surface area (Å²) < 4.78 is 12.7. The maximum atomic E-state index is 12.7. The molecule has 1 rings (SSSR count). The molecule has 0 radical (unpaired) electrons. The number of carboxylic acids is 1. The number of rotatable bonds is 3. The van der Waals surface area contributed by atoms with Crippen LogP contribution in [0.5, 0.6) is 0 Å². The van der Waals surface area contributed by atoms with Crippen LogP contribution in [-0.4, -0.2) is 16.2 Å². The van der Waals surface area contributed by atoms with Crippen molar-refractivity contribution in [3.8, 4) is 0 Å². The van der Waals surface area contributed by atoms with Crippen LogP contribution in [0.3, 0.4) is 0 Å². The fraction of sp³-hybridized carbons (Fsp3) is 0.417. The van der Waals surface area contributed by atoms with E-state index in [0.29, 0.717) is 5.56 Å². The third-order valence-electron chi connectivity index (χ3n) is 3.16. The number of benzene rings is 1. The van der Waals surface area contributed by atoms with Gasteiger partial charge in [-0.05, 0) is 38.5 Å². The van der Waals surface area contributed by atoms with E-state index >= 15 is 0 Å². The van der Waals surface area contributed by atoms with Crippen LogP contribution in [0.1, 0.15) is 26.3 Å². The predicted molar refractivity (Wildman–Crippen MR) is 57.4 cm³/mol. The van der Waals surface area contributed by atoms with Crippen LogP contribution in [0, 0.1) is 11.2 Å². The summed E-state index contributed by atoms with van der Waals surface area (Å²) in [7, 11) is 0. The van der Waals surface area contributed by atoms with E-state index in [1.54, 1.807) is 0 Å². The Hall–Kier alpha value is -1.42. The van der Waals surface area contributed by atoms with Gasteiger partial charge in [0.05, 0.1) is 5.41 Å². The molecule has 0 aromatic heterocycles. The lowest BCUT2D eigenvalue weighted by Gasteiger charge is -2.36. The molecule has 0 bridgehead atoms. The Morgan fingerprint density at radius 2 is 1.62 bits per heavy atom.